The quantitative estimate of drug-likeness (QED) is 0.129. The molecule has 3 N–H and O–H groups in total. The summed E-state index contributed by atoms with van der Waals surface area (Å²) in [6.07, 6.45) is 7.77. The molecule has 0 spiro atoms. The lowest BCUT2D eigenvalue weighted by Gasteiger charge is -2.30. The smallest absolute Gasteiger partial charge is 0.407 e. The monoisotopic (exact) mass is 780 g/mol. The average Bonchev–Trinajstić information content (AvgIpc) is 4.10. The van der Waals surface area contributed by atoms with Gasteiger partial charge in [0.1, 0.15) is 23.4 Å². The van der Waals surface area contributed by atoms with E-state index in [1.54, 1.807) is 6.20 Å². The number of carbonyl (C=O) groups is 3. The lowest BCUT2D eigenvalue weighted by atomic mass is 10.0. The zero-order chi connectivity index (χ0) is 39.9. The molecule has 3 aromatic carbocycles. The topological polar surface area (TPSA) is 150 Å². The standard InChI is InChI=1S/C45H48N8O5/c1-27(2)41(50-45(56)57-3)44(55)52-20-8-12-37(52)43-47-25-34(49-43)30-14-16-32-38-22-31-21-29(15-17-35(31)53(38)26-58-39(32)23-30)33-24-46-42(48-33)36-11-7-19-51(36)40(54)18-13-28-9-5-4-6-10-28/h4-6,9-10,14-17,21-25,27,36-37,41H,7-8,11-13,18-20,26H2,1-3H3,(H,46,48)(H,47,49)(H,50,56)/t36-,37-,41+/m1/s1. The van der Waals surface area contributed by atoms with Gasteiger partial charge in [0.05, 0.1) is 54.2 Å². The molecule has 3 aromatic heterocycles. The van der Waals surface area contributed by atoms with Crippen LogP contribution < -0.4 is 10.1 Å². The summed E-state index contributed by atoms with van der Waals surface area (Å²) in [5.41, 5.74) is 8.05. The summed E-state index contributed by atoms with van der Waals surface area (Å²) in [6, 6.07) is 24.0. The van der Waals surface area contributed by atoms with Crippen LogP contribution in [0.1, 0.15) is 75.2 Å². The van der Waals surface area contributed by atoms with E-state index in [0.717, 1.165) is 94.9 Å². The zero-order valence-corrected chi connectivity index (χ0v) is 33.0. The van der Waals surface area contributed by atoms with Crippen molar-refractivity contribution in [1.82, 2.24) is 39.6 Å². The number of fused-ring (bicyclic) bond motifs is 5. The second-order valence-electron chi connectivity index (χ2n) is 15.9. The van der Waals surface area contributed by atoms with Crippen molar-refractivity contribution >= 4 is 28.8 Å². The number of benzene rings is 3. The van der Waals surface area contributed by atoms with Crippen molar-refractivity contribution in [2.75, 3.05) is 20.2 Å². The number of aromatic nitrogens is 5. The highest BCUT2D eigenvalue weighted by Gasteiger charge is 2.38. The number of amides is 3. The molecule has 0 bridgehead atoms. The van der Waals surface area contributed by atoms with Gasteiger partial charge in [0.25, 0.3) is 0 Å². The molecule has 3 aliphatic heterocycles. The molecule has 3 aliphatic rings. The Morgan fingerprint density at radius 2 is 1.53 bits per heavy atom. The van der Waals surface area contributed by atoms with E-state index in [9.17, 15) is 14.4 Å². The van der Waals surface area contributed by atoms with Gasteiger partial charge in [-0.1, -0.05) is 56.3 Å². The van der Waals surface area contributed by atoms with E-state index in [2.05, 4.69) is 68.4 Å². The van der Waals surface area contributed by atoms with Gasteiger partial charge in [0.2, 0.25) is 11.8 Å². The number of rotatable bonds is 10. The number of nitrogens with zero attached hydrogens (tertiary/aromatic N) is 5. The van der Waals surface area contributed by atoms with Gasteiger partial charge in [-0.3, -0.25) is 9.59 Å². The molecule has 3 amide bonds. The van der Waals surface area contributed by atoms with E-state index < -0.39 is 12.1 Å². The summed E-state index contributed by atoms with van der Waals surface area (Å²) in [7, 11) is 1.30. The van der Waals surface area contributed by atoms with Gasteiger partial charge in [-0.05, 0) is 73.9 Å². The molecule has 3 atom stereocenters. The van der Waals surface area contributed by atoms with Gasteiger partial charge in [-0.2, -0.15) is 0 Å². The van der Waals surface area contributed by atoms with Crippen molar-refractivity contribution in [1.29, 1.82) is 0 Å². The third-order valence-electron chi connectivity index (χ3n) is 11.9. The van der Waals surface area contributed by atoms with Crippen LogP contribution in [0.5, 0.6) is 5.75 Å². The number of H-pyrrole nitrogens is 2. The molecule has 0 radical (unpaired) electrons. The Morgan fingerprint density at radius 3 is 2.24 bits per heavy atom. The van der Waals surface area contributed by atoms with Crippen LogP contribution in [0.3, 0.4) is 0 Å². The normalized spacial score (nSPS) is 17.9. The Hall–Kier alpha value is -6.37. The van der Waals surface area contributed by atoms with Crippen LogP contribution in [-0.4, -0.2) is 78.5 Å². The number of nitrogens with one attached hydrogen (secondary N) is 3. The molecule has 0 aliphatic carbocycles. The highest BCUT2D eigenvalue weighted by atomic mass is 16.5. The summed E-state index contributed by atoms with van der Waals surface area (Å²) in [5.74, 6) is 2.26. The number of alkyl carbamates (subject to hydrolysis) is 1. The minimum atomic E-state index is -0.692. The molecule has 6 aromatic rings. The van der Waals surface area contributed by atoms with Crippen LogP contribution >= 0.6 is 0 Å². The number of ether oxygens (including phenoxy) is 2. The molecular formula is C45H48N8O5. The molecular weight excluding hydrogens is 733 g/mol. The molecule has 298 valence electrons. The SMILES string of the molecule is COC(=O)N[C@H](C(=O)N1CCC[C@@H]1c1ncc(-c2ccc3c(c2)OCn2c-3cc3cc(-c4cnc([C@H]5CCCN5C(=O)CCc5ccccc5)[nH]4)ccc32)[nH]1)C(C)C. The van der Waals surface area contributed by atoms with Crippen molar-refractivity contribution in [2.24, 2.45) is 5.92 Å². The maximum Gasteiger partial charge on any atom is 0.407 e. The Morgan fingerprint density at radius 1 is 0.862 bits per heavy atom. The fraction of sp³-hybridized carbons (Fsp3) is 0.356. The maximum absolute atomic E-state index is 13.6. The third-order valence-corrected chi connectivity index (χ3v) is 11.9. The van der Waals surface area contributed by atoms with Gasteiger partial charge >= 0.3 is 6.09 Å². The van der Waals surface area contributed by atoms with Crippen LogP contribution in [0.15, 0.2) is 85.2 Å². The van der Waals surface area contributed by atoms with Crippen molar-refractivity contribution in [3.05, 3.63) is 102 Å². The van der Waals surface area contributed by atoms with Gasteiger partial charge in [0.15, 0.2) is 6.73 Å². The first-order valence-corrected chi connectivity index (χ1v) is 20.2. The van der Waals surface area contributed by atoms with Crippen LogP contribution in [-0.2, 0) is 27.5 Å². The molecule has 0 unspecified atom stereocenters. The number of aromatic amines is 2. The molecule has 2 fully saturated rings. The third kappa shape index (κ3) is 6.98. The molecule has 0 saturated carbocycles. The maximum atomic E-state index is 13.6. The Kier molecular flexibility index (Phi) is 9.96. The summed E-state index contributed by atoms with van der Waals surface area (Å²) >= 11 is 0. The highest BCUT2D eigenvalue weighted by Crippen LogP contribution is 2.42. The van der Waals surface area contributed by atoms with Gasteiger partial charge in [-0.15, -0.1) is 0 Å². The predicted octanol–water partition coefficient (Wildman–Crippen LogP) is 7.78. The van der Waals surface area contributed by atoms with Gasteiger partial charge in [0, 0.05) is 41.6 Å². The number of methoxy groups -OCH3 is 1. The van der Waals surface area contributed by atoms with E-state index in [4.69, 9.17) is 19.4 Å². The van der Waals surface area contributed by atoms with Crippen LogP contribution in [0.2, 0.25) is 0 Å². The lowest BCUT2D eigenvalue weighted by molar-refractivity contribution is -0.135. The highest BCUT2D eigenvalue weighted by molar-refractivity contribution is 5.92. The first-order chi connectivity index (χ1) is 28.2. The first kappa shape index (κ1) is 37.2. The van der Waals surface area contributed by atoms with E-state index in [1.165, 1.54) is 12.7 Å². The van der Waals surface area contributed by atoms with Gasteiger partial charge < -0.3 is 39.1 Å². The number of likely N-dealkylation sites (tertiary alicyclic amines) is 2. The van der Waals surface area contributed by atoms with Crippen molar-refractivity contribution in [3.63, 3.8) is 0 Å². The molecule has 9 rings (SSSR count). The number of carbonyl (C=O) groups excluding carboxylic acids is 3. The number of aryl methyl sites for hydroxylation is 1. The van der Waals surface area contributed by atoms with E-state index in [1.807, 2.05) is 54.1 Å². The predicted molar refractivity (Wildman–Crippen MR) is 219 cm³/mol. The average molecular weight is 781 g/mol. The van der Waals surface area contributed by atoms with Crippen LogP contribution in [0.25, 0.3) is 44.7 Å². The Bertz CT molecular complexity index is 2480. The lowest BCUT2D eigenvalue weighted by Crippen LogP contribution is -2.51. The van der Waals surface area contributed by atoms with Crippen molar-refractivity contribution in [2.45, 2.75) is 77.2 Å². The minimum Gasteiger partial charge on any atom is -0.472 e. The van der Waals surface area contributed by atoms with Gasteiger partial charge in [-0.25, -0.2) is 14.8 Å². The van der Waals surface area contributed by atoms with E-state index in [-0.39, 0.29) is 29.8 Å². The van der Waals surface area contributed by atoms with Crippen LogP contribution in [0.4, 0.5) is 4.79 Å². The number of hydrogen-bond donors (Lipinski definition) is 3. The van der Waals surface area contributed by atoms with Crippen molar-refractivity contribution in [3.8, 4) is 39.5 Å². The first-order valence-electron chi connectivity index (χ1n) is 20.2. The van der Waals surface area contributed by atoms with Crippen molar-refractivity contribution < 1.29 is 23.9 Å². The molecule has 2 saturated heterocycles. The van der Waals surface area contributed by atoms with Crippen LogP contribution in [0, 0.1) is 5.92 Å². The van der Waals surface area contributed by atoms with E-state index >= 15 is 0 Å². The molecule has 13 nitrogen and oxygen atoms in total. The molecule has 6 heterocycles. The Balaban J connectivity index is 0.906. The summed E-state index contributed by atoms with van der Waals surface area (Å²) in [4.78, 5) is 59.3. The molecule has 58 heavy (non-hydrogen) atoms. The number of imidazole rings is 2. The molecule has 13 heteroatoms. The summed E-state index contributed by atoms with van der Waals surface area (Å²) in [6.45, 7) is 5.54. The summed E-state index contributed by atoms with van der Waals surface area (Å²) in [5, 5.41) is 3.80. The summed E-state index contributed by atoms with van der Waals surface area (Å²) < 4.78 is 13.3. The Labute approximate surface area is 336 Å². The second-order valence-corrected chi connectivity index (χ2v) is 15.9. The fourth-order valence-electron chi connectivity index (χ4n) is 8.84. The second kappa shape index (κ2) is 15.5. The number of hydrogen-bond acceptors (Lipinski definition) is 7. The zero-order valence-electron chi connectivity index (χ0n) is 33.0. The van der Waals surface area contributed by atoms with E-state index in [0.29, 0.717) is 25.5 Å². The fourth-order valence-corrected chi connectivity index (χ4v) is 8.84. The minimum absolute atomic E-state index is 0.0460. The largest absolute Gasteiger partial charge is 0.472 e.